The standard InChI is InChI=1S/C17H19NO5S/c1-21-14-7-13(8-15(9-14)22-2)18-16(19)10-23-17(20)4-3-12-5-6-24-11-12/h5-9,11H,3-4,10H2,1-2H3,(H,18,19). The first-order chi connectivity index (χ1) is 11.6. The molecule has 1 amide bonds. The summed E-state index contributed by atoms with van der Waals surface area (Å²) >= 11 is 1.58. The predicted molar refractivity (Wildman–Crippen MR) is 91.8 cm³/mol. The van der Waals surface area contributed by atoms with E-state index in [1.807, 2.05) is 16.8 Å². The second kappa shape index (κ2) is 8.93. The summed E-state index contributed by atoms with van der Waals surface area (Å²) in [6.07, 6.45) is 0.855. The Morgan fingerprint density at radius 2 is 1.83 bits per heavy atom. The zero-order chi connectivity index (χ0) is 17.4. The smallest absolute Gasteiger partial charge is 0.306 e. The molecule has 0 aliphatic carbocycles. The second-order valence-corrected chi connectivity index (χ2v) is 5.72. The summed E-state index contributed by atoms with van der Waals surface area (Å²) in [6.45, 7) is -0.331. The van der Waals surface area contributed by atoms with Crippen molar-refractivity contribution in [2.24, 2.45) is 0 Å². The van der Waals surface area contributed by atoms with Crippen molar-refractivity contribution in [3.05, 3.63) is 40.6 Å². The minimum Gasteiger partial charge on any atom is -0.497 e. The molecule has 0 atom stereocenters. The molecule has 2 aromatic rings. The molecule has 2 rings (SSSR count). The molecule has 6 nitrogen and oxygen atoms in total. The van der Waals surface area contributed by atoms with Gasteiger partial charge in [0.1, 0.15) is 11.5 Å². The highest BCUT2D eigenvalue weighted by atomic mass is 32.1. The molecule has 0 bridgehead atoms. The number of carbonyl (C=O) groups is 2. The van der Waals surface area contributed by atoms with E-state index in [0.717, 1.165) is 5.56 Å². The van der Waals surface area contributed by atoms with E-state index in [2.05, 4.69) is 5.32 Å². The number of benzene rings is 1. The Hall–Kier alpha value is -2.54. The van der Waals surface area contributed by atoms with Gasteiger partial charge in [0.05, 0.1) is 14.2 Å². The summed E-state index contributed by atoms with van der Waals surface area (Å²) in [7, 11) is 3.05. The van der Waals surface area contributed by atoms with Crippen LogP contribution in [0.4, 0.5) is 5.69 Å². The molecule has 0 radical (unpaired) electrons. The van der Waals surface area contributed by atoms with Crippen LogP contribution in [0, 0.1) is 0 Å². The molecule has 1 aromatic carbocycles. The zero-order valence-corrected chi connectivity index (χ0v) is 14.4. The quantitative estimate of drug-likeness (QED) is 0.742. The molecule has 1 N–H and O–H groups in total. The predicted octanol–water partition coefficient (Wildman–Crippen LogP) is 2.88. The highest BCUT2D eigenvalue weighted by molar-refractivity contribution is 7.07. The largest absolute Gasteiger partial charge is 0.497 e. The number of hydrogen-bond donors (Lipinski definition) is 1. The van der Waals surface area contributed by atoms with Crippen molar-refractivity contribution < 1.29 is 23.8 Å². The van der Waals surface area contributed by atoms with Crippen LogP contribution in [-0.4, -0.2) is 32.7 Å². The van der Waals surface area contributed by atoms with Gasteiger partial charge in [-0.05, 0) is 28.8 Å². The Labute approximate surface area is 144 Å². The van der Waals surface area contributed by atoms with Crippen molar-refractivity contribution in [2.45, 2.75) is 12.8 Å². The maximum Gasteiger partial charge on any atom is 0.306 e. The van der Waals surface area contributed by atoms with Crippen molar-refractivity contribution in [3.63, 3.8) is 0 Å². The SMILES string of the molecule is COc1cc(NC(=O)COC(=O)CCc2ccsc2)cc(OC)c1. The number of aryl methyl sites for hydroxylation is 1. The van der Waals surface area contributed by atoms with Crippen LogP contribution in [0.2, 0.25) is 0 Å². The molecule has 0 aliphatic rings. The lowest BCUT2D eigenvalue weighted by atomic mass is 10.2. The molecule has 0 unspecified atom stereocenters. The maximum atomic E-state index is 11.9. The Morgan fingerprint density at radius 3 is 2.42 bits per heavy atom. The van der Waals surface area contributed by atoms with Crippen LogP contribution in [0.5, 0.6) is 11.5 Å². The lowest BCUT2D eigenvalue weighted by Gasteiger charge is -2.10. The van der Waals surface area contributed by atoms with E-state index in [1.54, 1.807) is 29.5 Å². The number of rotatable bonds is 8. The molecule has 0 fully saturated rings. The molecular weight excluding hydrogens is 330 g/mol. The lowest BCUT2D eigenvalue weighted by molar-refractivity contribution is -0.147. The van der Waals surface area contributed by atoms with Crippen molar-refractivity contribution in [1.29, 1.82) is 0 Å². The number of esters is 1. The first-order valence-electron chi connectivity index (χ1n) is 7.30. The van der Waals surface area contributed by atoms with Crippen molar-refractivity contribution in [1.82, 2.24) is 0 Å². The van der Waals surface area contributed by atoms with Gasteiger partial charge in [-0.2, -0.15) is 11.3 Å². The fourth-order valence-corrected chi connectivity index (χ4v) is 2.68. The molecule has 0 aliphatic heterocycles. The summed E-state index contributed by atoms with van der Waals surface area (Å²) in [4.78, 5) is 23.5. The van der Waals surface area contributed by atoms with Crippen LogP contribution in [0.25, 0.3) is 0 Å². The minimum absolute atomic E-state index is 0.247. The minimum atomic E-state index is -0.422. The molecular formula is C17H19NO5S. The summed E-state index contributed by atoms with van der Waals surface area (Å²) < 4.78 is 15.2. The van der Waals surface area contributed by atoms with Crippen LogP contribution in [-0.2, 0) is 20.7 Å². The van der Waals surface area contributed by atoms with Gasteiger partial charge in [0.2, 0.25) is 0 Å². The Balaban J connectivity index is 1.79. The van der Waals surface area contributed by atoms with Gasteiger partial charge in [-0.1, -0.05) is 0 Å². The van der Waals surface area contributed by atoms with Gasteiger partial charge < -0.3 is 19.5 Å². The van der Waals surface area contributed by atoms with Gasteiger partial charge in [-0.3, -0.25) is 9.59 Å². The van der Waals surface area contributed by atoms with E-state index < -0.39 is 11.9 Å². The number of methoxy groups -OCH3 is 2. The molecule has 0 saturated carbocycles. The Morgan fingerprint density at radius 1 is 1.12 bits per heavy atom. The van der Waals surface area contributed by atoms with E-state index >= 15 is 0 Å². The van der Waals surface area contributed by atoms with Crippen molar-refractivity contribution >= 4 is 28.9 Å². The van der Waals surface area contributed by atoms with Gasteiger partial charge >= 0.3 is 5.97 Å². The number of anilines is 1. The van der Waals surface area contributed by atoms with Gasteiger partial charge in [0.25, 0.3) is 5.91 Å². The highest BCUT2D eigenvalue weighted by Gasteiger charge is 2.10. The van der Waals surface area contributed by atoms with Crippen LogP contribution in [0.1, 0.15) is 12.0 Å². The van der Waals surface area contributed by atoms with E-state index in [9.17, 15) is 9.59 Å². The molecule has 128 valence electrons. The van der Waals surface area contributed by atoms with Crippen LogP contribution < -0.4 is 14.8 Å². The molecule has 0 spiro atoms. The second-order valence-electron chi connectivity index (χ2n) is 4.94. The third-order valence-electron chi connectivity index (χ3n) is 3.20. The van der Waals surface area contributed by atoms with Gasteiger partial charge in [0, 0.05) is 30.3 Å². The van der Waals surface area contributed by atoms with E-state index in [4.69, 9.17) is 14.2 Å². The maximum absolute atomic E-state index is 11.9. The third kappa shape index (κ3) is 5.58. The number of hydrogen-bond acceptors (Lipinski definition) is 6. The summed E-state index contributed by atoms with van der Waals surface area (Å²) in [5.74, 6) is 0.281. The summed E-state index contributed by atoms with van der Waals surface area (Å²) in [6, 6.07) is 6.96. The fraction of sp³-hybridized carbons (Fsp3) is 0.294. The van der Waals surface area contributed by atoms with Gasteiger partial charge in [0.15, 0.2) is 6.61 Å². The number of carbonyl (C=O) groups excluding carboxylic acids is 2. The van der Waals surface area contributed by atoms with Crippen molar-refractivity contribution in [2.75, 3.05) is 26.1 Å². The Bertz CT molecular complexity index is 662. The van der Waals surface area contributed by atoms with E-state index in [1.165, 1.54) is 14.2 Å². The fourth-order valence-electron chi connectivity index (χ4n) is 1.98. The molecule has 1 aromatic heterocycles. The summed E-state index contributed by atoms with van der Waals surface area (Å²) in [5, 5.41) is 6.58. The van der Waals surface area contributed by atoms with Gasteiger partial charge in [-0.25, -0.2) is 0 Å². The normalized spacial score (nSPS) is 10.1. The zero-order valence-electron chi connectivity index (χ0n) is 13.5. The molecule has 0 saturated heterocycles. The first kappa shape index (κ1) is 17.8. The molecule has 24 heavy (non-hydrogen) atoms. The van der Waals surface area contributed by atoms with Crippen molar-refractivity contribution in [3.8, 4) is 11.5 Å². The highest BCUT2D eigenvalue weighted by Crippen LogP contribution is 2.25. The third-order valence-corrected chi connectivity index (χ3v) is 3.93. The van der Waals surface area contributed by atoms with Crippen LogP contribution in [0.15, 0.2) is 35.0 Å². The molecule has 1 heterocycles. The lowest BCUT2D eigenvalue weighted by Crippen LogP contribution is -2.21. The average Bonchev–Trinajstić information content (AvgIpc) is 3.11. The number of ether oxygens (including phenoxy) is 3. The number of amides is 1. The number of thiophene rings is 1. The van der Waals surface area contributed by atoms with Gasteiger partial charge in [-0.15, -0.1) is 0 Å². The number of nitrogens with one attached hydrogen (secondary N) is 1. The average molecular weight is 349 g/mol. The molecule has 7 heteroatoms. The van der Waals surface area contributed by atoms with E-state index in [-0.39, 0.29) is 13.0 Å². The first-order valence-corrected chi connectivity index (χ1v) is 8.24. The Kier molecular flexibility index (Phi) is 6.62. The summed E-state index contributed by atoms with van der Waals surface area (Å²) in [5.41, 5.74) is 1.59. The van der Waals surface area contributed by atoms with E-state index in [0.29, 0.717) is 23.6 Å². The van der Waals surface area contributed by atoms with Crippen LogP contribution >= 0.6 is 11.3 Å². The topological polar surface area (TPSA) is 73.9 Å². The van der Waals surface area contributed by atoms with Crippen LogP contribution in [0.3, 0.4) is 0 Å². The monoisotopic (exact) mass is 349 g/mol.